The number of anilines is 1. The molecule has 2 aromatic rings. The highest BCUT2D eigenvalue weighted by atomic mass is 32.1. The summed E-state index contributed by atoms with van der Waals surface area (Å²) in [5.41, 5.74) is 0. The molecule has 0 amide bonds. The second kappa shape index (κ2) is 7.34. The Balaban J connectivity index is 2.21. The zero-order chi connectivity index (χ0) is 15.2. The van der Waals surface area contributed by atoms with Crippen molar-refractivity contribution in [2.75, 3.05) is 18.9 Å². The lowest BCUT2D eigenvalue weighted by atomic mass is 10.2. The number of hydrogen-bond acceptors (Lipinski definition) is 6. The third-order valence-electron chi connectivity index (χ3n) is 3.44. The Hall–Kier alpha value is -1.71. The molecule has 5 nitrogen and oxygen atoms in total. The van der Waals surface area contributed by atoms with Gasteiger partial charge in [0.05, 0.1) is 24.4 Å². The van der Waals surface area contributed by atoms with Crippen LogP contribution in [0, 0.1) is 11.3 Å². The summed E-state index contributed by atoms with van der Waals surface area (Å²) in [6, 6.07) is 4.46. The zero-order valence-corrected chi connectivity index (χ0v) is 13.6. The first kappa shape index (κ1) is 15.7. The molecular weight excluding hydrogens is 282 g/mol. The number of fused-ring (bicyclic) bond motifs is 1. The van der Waals surface area contributed by atoms with Gasteiger partial charge in [-0.15, -0.1) is 11.3 Å². The van der Waals surface area contributed by atoms with E-state index in [-0.39, 0.29) is 6.04 Å². The Kier molecular flexibility index (Phi) is 5.48. The number of rotatable bonds is 7. The zero-order valence-electron chi connectivity index (χ0n) is 12.8. The van der Waals surface area contributed by atoms with Crippen LogP contribution in [0.25, 0.3) is 10.2 Å². The highest BCUT2D eigenvalue weighted by Gasteiger charge is 2.13. The van der Waals surface area contributed by atoms with E-state index in [2.05, 4.69) is 39.2 Å². The van der Waals surface area contributed by atoms with Gasteiger partial charge >= 0.3 is 0 Å². The summed E-state index contributed by atoms with van der Waals surface area (Å²) >= 11 is 1.63. The van der Waals surface area contributed by atoms with E-state index in [1.807, 2.05) is 19.4 Å². The summed E-state index contributed by atoms with van der Waals surface area (Å²) in [5.74, 6) is 1.72. The normalized spacial score (nSPS) is 12.5. The summed E-state index contributed by atoms with van der Waals surface area (Å²) < 4.78 is 0. The number of hydrogen-bond donors (Lipinski definition) is 1. The lowest BCUT2D eigenvalue weighted by molar-refractivity contribution is 0.247. The average Bonchev–Trinajstić information content (AvgIpc) is 2.93. The van der Waals surface area contributed by atoms with Crippen LogP contribution in [-0.2, 0) is 6.54 Å². The molecule has 2 aromatic heterocycles. The third kappa shape index (κ3) is 3.90. The largest absolute Gasteiger partial charge is 0.369 e. The van der Waals surface area contributed by atoms with Crippen molar-refractivity contribution in [3.8, 4) is 6.07 Å². The first-order chi connectivity index (χ1) is 10.2. The van der Waals surface area contributed by atoms with Gasteiger partial charge in [0.15, 0.2) is 0 Å². The minimum Gasteiger partial charge on any atom is -0.369 e. The molecule has 1 N–H and O–H groups in total. The van der Waals surface area contributed by atoms with Crippen LogP contribution in [0.3, 0.4) is 0 Å². The van der Waals surface area contributed by atoms with Gasteiger partial charge in [0.25, 0.3) is 0 Å². The van der Waals surface area contributed by atoms with E-state index < -0.39 is 0 Å². The molecule has 2 rings (SSSR count). The monoisotopic (exact) mass is 303 g/mol. The molecular formula is C15H21N5S. The summed E-state index contributed by atoms with van der Waals surface area (Å²) in [7, 11) is 2.00. The third-order valence-corrected chi connectivity index (χ3v) is 4.25. The molecule has 0 aliphatic carbocycles. The standard InChI is InChI=1S/C15H21N5S/c1-4-8-17-14-12-6-9-21-15(12)19-13(18-14)10-20(3)11(2)5-7-16/h6,9,11H,4-5,8,10H2,1-3H3,(H,17,18,19). The van der Waals surface area contributed by atoms with Crippen LogP contribution in [0.15, 0.2) is 11.4 Å². The Morgan fingerprint density at radius 1 is 1.48 bits per heavy atom. The molecule has 0 aliphatic rings. The lowest BCUT2D eigenvalue weighted by Crippen LogP contribution is -2.29. The van der Waals surface area contributed by atoms with Gasteiger partial charge in [-0.2, -0.15) is 5.26 Å². The number of nitrogens with zero attached hydrogens (tertiary/aromatic N) is 4. The highest BCUT2D eigenvalue weighted by Crippen LogP contribution is 2.25. The van der Waals surface area contributed by atoms with Crippen molar-refractivity contribution in [3.05, 3.63) is 17.3 Å². The molecule has 0 aliphatic heterocycles. The Morgan fingerprint density at radius 3 is 3.00 bits per heavy atom. The number of nitriles is 1. The topological polar surface area (TPSA) is 64.8 Å². The first-order valence-electron chi connectivity index (χ1n) is 7.20. The Morgan fingerprint density at radius 2 is 2.29 bits per heavy atom. The maximum absolute atomic E-state index is 8.79. The van der Waals surface area contributed by atoms with Gasteiger partial charge in [-0.1, -0.05) is 6.92 Å². The second-order valence-corrected chi connectivity index (χ2v) is 6.08. The first-order valence-corrected chi connectivity index (χ1v) is 8.08. The average molecular weight is 303 g/mol. The van der Waals surface area contributed by atoms with Crippen molar-refractivity contribution in [2.24, 2.45) is 0 Å². The molecule has 0 radical (unpaired) electrons. The summed E-state index contributed by atoms with van der Waals surface area (Å²) in [6.45, 7) is 5.74. The van der Waals surface area contributed by atoms with Crippen LogP contribution >= 0.6 is 11.3 Å². The molecule has 0 aromatic carbocycles. The van der Waals surface area contributed by atoms with Gasteiger partial charge in [-0.3, -0.25) is 4.90 Å². The summed E-state index contributed by atoms with van der Waals surface area (Å²) in [5, 5.41) is 15.3. The van der Waals surface area contributed by atoms with Crippen molar-refractivity contribution < 1.29 is 0 Å². The highest BCUT2D eigenvalue weighted by molar-refractivity contribution is 7.16. The van der Waals surface area contributed by atoms with Gasteiger partial charge in [0, 0.05) is 12.6 Å². The SMILES string of the molecule is CCCNc1nc(CN(C)C(C)CC#N)nc2sccc12. The van der Waals surface area contributed by atoms with E-state index in [9.17, 15) is 0 Å². The van der Waals surface area contributed by atoms with E-state index in [0.29, 0.717) is 13.0 Å². The second-order valence-electron chi connectivity index (χ2n) is 5.18. The van der Waals surface area contributed by atoms with Crippen LogP contribution in [-0.4, -0.2) is 34.5 Å². The molecule has 1 atom stereocenters. The van der Waals surface area contributed by atoms with E-state index in [1.165, 1.54) is 0 Å². The maximum atomic E-state index is 8.79. The summed E-state index contributed by atoms with van der Waals surface area (Å²) in [6.07, 6.45) is 1.57. The molecule has 2 heterocycles. The predicted octanol–water partition coefficient (Wildman–Crippen LogP) is 3.25. The minimum atomic E-state index is 0.199. The van der Waals surface area contributed by atoms with Crippen molar-refractivity contribution in [2.45, 2.75) is 39.3 Å². The minimum absolute atomic E-state index is 0.199. The molecule has 0 spiro atoms. The molecule has 0 bridgehead atoms. The van der Waals surface area contributed by atoms with Crippen LogP contribution < -0.4 is 5.32 Å². The van der Waals surface area contributed by atoms with E-state index >= 15 is 0 Å². The van der Waals surface area contributed by atoms with Gasteiger partial charge in [-0.25, -0.2) is 9.97 Å². The molecule has 112 valence electrons. The Bertz CT molecular complexity index is 631. The predicted molar refractivity (Wildman–Crippen MR) is 87.4 cm³/mol. The Labute approximate surface area is 129 Å². The quantitative estimate of drug-likeness (QED) is 0.850. The van der Waals surface area contributed by atoms with Crippen molar-refractivity contribution in [1.82, 2.24) is 14.9 Å². The number of thiophene rings is 1. The van der Waals surface area contributed by atoms with Crippen LogP contribution in [0.5, 0.6) is 0 Å². The molecule has 0 saturated carbocycles. The van der Waals surface area contributed by atoms with Crippen LogP contribution in [0.2, 0.25) is 0 Å². The smallest absolute Gasteiger partial charge is 0.146 e. The van der Waals surface area contributed by atoms with Crippen molar-refractivity contribution in [1.29, 1.82) is 5.26 Å². The fourth-order valence-electron chi connectivity index (χ4n) is 2.02. The lowest BCUT2D eigenvalue weighted by Gasteiger charge is -2.21. The van der Waals surface area contributed by atoms with Gasteiger partial charge in [-0.05, 0) is 31.8 Å². The van der Waals surface area contributed by atoms with E-state index in [0.717, 1.165) is 34.8 Å². The van der Waals surface area contributed by atoms with Crippen LogP contribution in [0.1, 0.15) is 32.5 Å². The van der Waals surface area contributed by atoms with E-state index in [4.69, 9.17) is 5.26 Å². The fourth-order valence-corrected chi connectivity index (χ4v) is 2.80. The van der Waals surface area contributed by atoms with Gasteiger partial charge in [0.2, 0.25) is 0 Å². The maximum Gasteiger partial charge on any atom is 0.146 e. The molecule has 0 saturated heterocycles. The van der Waals surface area contributed by atoms with E-state index in [1.54, 1.807) is 11.3 Å². The van der Waals surface area contributed by atoms with Gasteiger partial charge < -0.3 is 5.32 Å². The number of aromatic nitrogens is 2. The number of nitrogens with one attached hydrogen (secondary N) is 1. The fraction of sp³-hybridized carbons (Fsp3) is 0.533. The summed E-state index contributed by atoms with van der Waals surface area (Å²) in [4.78, 5) is 12.4. The van der Waals surface area contributed by atoms with Crippen molar-refractivity contribution >= 4 is 27.4 Å². The van der Waals surface area contributed by atoms with Crippen molar-refractivity contribution in [3.63, 3.8) is 0 Å². The molecule has 6 heteroatoms. The van der Waals surface area contributed by atoms with Gasteiger partial charge in [0.1, 0.15) is 16.5 Å². The molecule has 21 heavy (non-hydrogen) atoms. The van der Waals surface area contributed by atoms with Crippen LogP contribution in [0.4, 0.5) is 5.82 Å². The molecule has 0 fully saturated rings. The molecule has 1 unspecified atom stereocenters.